The van der Waals surface area contributed by atoms with Gasteiger partial charge < -0.3 is 4.98 Å². The van der Waals surface area contributed by atoms with Crippen LogP contribution in [0.2, 0.25) is 0 Å². The van der Waals surface area contributed by atoms with Gasteiger partial charge in [0.2, 0.25) is 0 Å². The molecule has 4 nitrogen and oxygen atoms in total. The first-order valence-electron chi connectivity index (χ1n) is 8.68. The van der Waals surface area contributed by atoms with Crippen LogP contribution in [-0.4, -0.2) is 26.2 Å². The minimum Gasteiger partial charge on any atom is -0.358 e. The van der Waals surface area contributed by atoms with Gasteiger partial charge in [0.1, 0.15) is 5.82 Å². The third-order valence-corrected chi connectivity index (χ3v) is 4.91. The highest BCUT2D eigenvalue weighted by atomic mass is 19.1. The fraction of sp³-hybridized carbons (Fsp3) is 0.421. The van der Waals surface area contributed by atoms with Gasteiger partial charge in [0.15, 0.2) is 0 Å². The lowest BCUT2D eigenvalue weighted by Gasteiger charge is -2.26. The Morgan fingerprint density at radius 1 is 1.33 bits per heavy atom. The number of aromatic nitrogens is 3. The van der Waals surface area contributed by atoms with E-state index >= 15 is 0 Å². The van der Waals surface area contributed by atoms with E-state index in [4.69, 9.17) is 0 Å². The van der Waals surface area contributed by atoms with Crippen LogP contribution in [0, 0.1) is 12.7 Å². The predicted octanol–water partition coefficient (Wildman–Crippen LogP) is 3.78. The summed E-state index contributed by atoms with van der Waals surface area (Å²) in [4.78, 5) is 5.88. The Morgan fingerprint density at radius 3 is 3.04 bits per heavy atom. The van der Waals surface area contributed by atoms with Gasteiger partial charge in [-0.2, -0.15) is 5.10 Å². The lowest BCUT2D eigenvalue weighted by molar-refractivity contribution is 0.245. The molecule has 1 aliphatic rings. The fourth-order valence-corrected chi connectivity index (χ4v) is 3.68. The number of aryl methyl sites for hydroxylation is 2. The zero-order valence-electron chi connectivity index (χ0n) is 14.3. The van der Waals surface area contributed by atoms with Crippen LogP contribution in [0.25, 0.3) is 10.9 Å². The van der Waals surface area contributed by atoms with Crippen LogP contribution >= 0.6 is 0 Å². The molecule has 4 rings (SSSR count). The minimum absolute atomic E-state index is 0.168. The second kappa shape index (κ2) is 6.06. The van der Waals surface area contributed by atoms with Crippen LogP contribution in [0.4, 0.5) is 4.39 Å². The summed E-state index contributed by atoms with van der Waals surface area (Å²) in [6, 6.07) is 5.01. The van der Waals surface area contributed by atoms with Crippen molar-refractivity contribution >= 4 is 10.9 Å². The van der Waals surface area contributed by atoms with E-state index in [2.05, 4.69) is 35.0 Å². The molecule has 0 fully saturated rings. The maximum atomic E-state index is 13.6. The van der Waals surface area contributed by atoms with Gasteiger partial charge >= 0.3 is 0 Å². The number of halogens is 1. The molecule has 1 aromatic carbocycles. The fourth-order valence-electron chi connectivity index (χ4n) is 3.68. The molecule has 1 aliphatic heterocycles. The molecular formula is C19H23FN4. The van der Waals surface area contributed by atoms with Gasteiger partial charge in [0, 0.05) is 61.0 Å². The highest BCUT2D eigenvalue weighted by molar-refractivity contribution is 5.84. The lowest BCUT2D eigenvalue weighted by atomic mass is 10.0. The van der Waals surface area contributed by atoms with Crippen LogP contribution in [0.3, 0.4) is 0 Å². The van der Waals surface area contributed by atoms with E-state index in [1.54, 1.807) is 6.07 Å². The molecule has 0 radical (unpaired) electrons. The number of hydrogen-bond acceptors (Lipinski definition) is 2. The summed E-state index contributed by atoms with van der Waals surface area (Å²) < 4.78 is 15.7. The van der Waals surface area contributed by atoms with Crippen molar-refractivity contribution in [3.63, 3.8) is 0 Å². The van der Waals surface area contributed by atoms with Crippen molar-refractivity contribution in [3.05, 3.63) is 52.7 Å². The number of rotatable bonds is 4. The number of benzene rings is 1. The van der Waals surface area contributed by atoms with E-state index in [9.17, 15) is 4.39 Å². The molecule has 3 heterocycles. The number of fused-ring (bicyclic) bond motifs is 3. The van der Waals surface area contributed by atoms with E-state index in [0.29, 0.717) is 0 Å². The Hall–Kier alpha value is -2.14. The molecule has 3 aromatic rings. The molecule has 0 unspecified atom stereocenters. The Balaban J connectivity index is 1.58. The van der Waals surface area contributed by atoms with Crippen LogP contribution in [0.5, 0.6) is 0 Å². The van der Waals surface area contributed by atoms with E-state index in [-0.39, 0.29) is 5.82 Å². The molecule has 0 amide bonds. The number of nitrogens with zero attached hydrogens (tertiary/aromatic N) is 3. The molecule has 0 aliphatic carbocycles. The second-order valence-corrected chi connectivity index (χ2v) is 6.74. The number of aromatic amines is 1. The van der Waals surface area contributed by atoms with Gasteiger partial charge in [0.05, 0.1) is 5.69 Å². The molecule has 0 atom stereocenters. The molecule has 0 bridgehead atoms. The maximum absolute atomic E-state index is 13.6. The summed E-state index contributed by atoms with van der Waals surface area (Å²) >= 11 is 0. The van der Waals surface area contributed by atoms with Gasteiger partial charge in [-0.15, -0.1) is 0 Å². The average molecular weight is 326 g/mol. The van der Waals surface area contributed by atoms with Crippen molar-refractivity contribution in [2.75, 3.05) is 6.54 Å². The Bertz CT molecular complexity index is 877. The smallest absolute Gasteiger partial charge is 0.123 e. The van der Waals surface area contributed by atoms with Crippen molar-refractivity contribution in [2.45, 2.75) is 46.3 Å². The highest BCUT2D eigenvalue weighted by Crippen LogP contribution is 2.29. The number of H-pyrrole nitrogens is 1. The van der Waals surface area contributed by atoms with Crippen LogP contribution < -0.4 is 0 Å². The molecular weight excluding hydrogens is 303 g/mol. The summed E-state index contributed by atoms with van der Waals surface area (Å²) in [5.41, 5.74) is 5.94. The molecule has 5 heteroatoms. The molecule has 126 valence electrons. The summed E-state index contributed by atoms with van der Waals surface area (Å²) in [5, 5.41) is 5.62. The Labute approximate surface area is 141 Å². The van der Waals surface area contributed by atoms with Gasteiger partial charge in [-0.25, -0.2) is 4.39 Å². The highest BCUT2D eigenvalue weighted by Gasteiger charge is 2.22. The monoisotopic (exact) mass is 326 g/mol. The van der Waals surface area contributed by atoms with E-state index in [1.165, 1.54) is 22.9 Å². The summed E-state index contributed by atoms with van der Waals surface area (Å²) in [7, 11) is 0. The van der Waals surface area contributed by atoms with Crippen LogP contribution in [-0.2, 0) is 26.1 Å². The van der Waals surface area contributed by atoms with Gasteiger partial charge in [-0.05, 0) is 37.1 Å². The van der Waals surface area contributed by atoms with Crippen LogP contribution in [0.1, 0.15) is 35.9 Å². The van der Waals surface area contributed by atoms with Gasteiger partial charge in [-0.3, -0.25) is 9.58 Å². The summed E-state index contributed by atoms with van der Waals surface area (Å²) in [6.45, 7) is 7.98. The Morgan fingerprint density at radius 2 is 2.21 bits per heavy atom. The molecule has 0 saturated heterocycles. The quantitative estimate of drug-likeness (QED) is 0.792. The third-order valence-electron chi connectivity index (χ3n) is 4.91. The standard InChI is InChI=1S/C19H23FN4/c1-3-7-24-11-14(13(2)22-24)10-23-8-6-19-17(12-23)16-9-15(20)4-5-18(16)21-19/h4-5,9,11,21H,3,6-8,10,12H2,1-2H3. The SMILES string of the molecule is CCCn1cc(CN2CCc3[nH]c4ccc(F)cc4c3C2)c(C)n1. The van der Waals surface area contributed by atoms with E-state index in [1.807, 2.05) is 10.7 Å². The van der Waals surface area contributed by atoms with Crippen molar-refractivity contribution < 1.29 is 4.39 Å². The second-order valence-electron chi connectivity index (χ2n) is 6.74. The summed E-state index contributed by atoms with van der Waals surface area (Å²) in [5.74, 6) is -0.168. The summed E-state index contributed by atoms with van der Waals surface area (Å²) in [6.07, 6.45) is 4.24. The normalized spacial score (nSPS) is 15.1. The molecule has 0 saturated carbocycles. The Kier molecular flexibility index (Phi) is 3.88. The van der Waals surface area contributed by atoms with Gasteiger partial charge in [-0.1, -0.05) is 6.92 Å². The topological polar surface area (TPSA) is 36.9 Å². The van der Waals surface area contributed by atoms with E-state index < -0.39 is 0 Å². The largest absolute Gasteiger partial charge is 0.358 e. The predicted molar refractivity (Wildman–Crippen MR) is 93.3 cm³/mol. The lowest BCUT2D eigenvalue weighted by Crippen LogP contribution is -2.29. The average Bonchev–Trinajstić information content (AvgIpc) is 3.08. The number of nitrogens with one attached hydrogen (secondary N) is 1. The van der Waals surface area contributed by atoms with Crippen molar-refractivity contribution in [1.82, 2.24) is 19.7 Å². The van der Waals surface area contributed by atoms with Crippen molar-refractivity contribution in [3.8, 4) is 0 Å². The number of hydrogen-bond donors (Lipinski definition) is 1. The van der Waals surface area contributed by atoms with Crippen LogP contribution in [0.15, 0.2) is 24.4 Å². The first-order valence-corrected chi connectivity index (χ1v) is 8.68. The molecule has 24 heavy (non-hydrogen) atoms. The molecule has 0 spiro atoms. The third kappa shape index (κ3) is 2.73. The molecule has 1 N–H and O–H groups in total. The van der Waals surface area contributed by atoms with E-state index in [0.717, 1.165) is 55.6 Å². The zero-order valence-corrected chi connectivity index (χ0v) is 14.3. The van der Waals surface area contributed by atoms with Gasteiger partial charge in [0.25, 0.3) is 0 Å². The zero-order chi connectivity index (χ0) is 16.7. The minimum atomic E-state index is -0.168. The maximum Gasteiger partial charge on any atom is 0.123 e. The van der Waals surface area contributed by atoms with Crippen molar-refractivity contribution in [2.24, 2.45) is 0 Å². The first kappa shape index (κ1) is 15.4. The van der Waals surface area contributed by atoms with Crippen molar-refractivity contribution in [1.29, 1.82) is 0 Å². The first-order chi connectivity index (χ1) is 11.6. The molecule has 2 aromatic heterocycles.